The van der Waals surface area contributed by atoms with E-state index in [1.165, 1.54) is 0 Å². The van der Waals surface area contributed by atoms with Crippen LogP contribution >= 0.6 is 11.8 Å². The maximum absolute atomic E-state index is 12.1. The van der Waals surface area contributed by atoms with Gasteiger partial charge < -0.3 is 31.7 Å². The van der Waals surface area contributed by atoms with E-state index < -0.39 is 0 Å². The van der Waals surface area contributed by atoms with Gasteiger partial charge in [-0.05, 0) is 62.6 Å². The number of phenolic OH excluding ortho intramolecular Hbond substituents is 1. The summed E-state index contributed by atoms with van der Waals surface area (Å²) in [5.41, 5.74) is 1.07. The highest BCUT2D eigenvalue weighted by molar-refractivity contribution is 8.00. The van der Waals surface area contributed by atoms with Crippen molar-refractivity contribution >= 4 is 35.5 Å². The molecular weight excluding hydrogens is 542 g/mol. The van der Waals surface area contributed by atoms with Crippen molar-refractivity contribution in [3.05, 3.63) is 29.8 Å². The first kappa shape index (κ1) is 32.6. The van der Waals surface area contributed by atoms with Crippen LogP contribution in [0.25, 0.3) is 0 Å². The molecule has 0 unspecified atom stereocenters. The number of aromatic hydroxyl groups is 1. The largest absolute Gasteiger partial charge is 0.508 e. The van der Waals surface area contributed by atoms with Crippen molar-refractivity contribution in [1.82, 2.24) is 26.6 Å². The van der Waals surface area contributed by atoms with Crippen LogP contribution in [0.4, 0.5) is 4.79 Å². The van der Waals surface area contributed by atoms with Gasteiger partial charge in [0.15, 0.2) is 0 Å². The van der Waals surface area contributed by atoms with Gasteiger partial charge in [0.05, 0.1) is 12.1 Å². The lowest BCUT2D eigenvalue weighted by molar-refractivity contribution is -0.122. The van der Waals surface area contributed by atoms with Crippen molar-refractivity contribution in [2.45, 2.75) is 101 Å². The summed E-state index contributed by atoms with van der Waals surface area (Å²) in [5.74, 6) is 1.38. The van der Waals surface area contributed by atoms with Crippen LogP contribution in [0.5, 0.6) is 5.75 Å². The molecule has 5 amide bonds. The summed E-state index contributed by atoms with van der Waals surface area (Å²) in [6, 6.07) is 7.40. The topological polar surface area (TPSA) is 149 Å². The summed E-state index contributed by atoms with van der Waals surface area (Å²) in [6.07, 6.45) is 10.2. The lowest BCUT2D eigenvalue weighted by atomic mass is 10.0. The van der Waals surface area contributed by atoms with E-state index in [0.29, 0.717) is 44.1 Å². The highest BCUT2D eigenvalue weighted by atomic mass is 32.2. The molecule has 41 heavy (non-hydrogen) atoms. The van der Waals surface area contributed by atoms with Crippen molar-refractivity contribution in [1.29, 1.82) is 0 Å². The van der Waals surface area contributed by atoms with Gasteiger partial charge in [0.1, 0.15) is 5.75 Å². The quantitative estimate of drug-likeness (QED) is 0.102. The van der Waals surface area contributed by atoms with Gasteiger partial charge in [-0.1, -0.05) is 31.4 Å². The highest BCUT2D eigenvalue weighted by Crippen LogP contribution is 2.33. The second kappa shape index (κ2) is 18.5. The third-order valence-corrected chi connectivity index (χ3v) is 9.07. The zero-order valence-corrected chi connectivity index (χ0v) is 24.9. The molecule has 0 saturated carbocycles. The first-order chi connectivity index (χ1) is 19.9. The Hall–Kier alpha value is -2.95. The zero-order valence-electron chi connectivity index (χ0n) is 24.1. The van der Waals surface area contributed by atoms with E-state index in [0.717, 1.165) is 75.5 Å². The van der Waals surface area contributed by atoms with Crippen LogP contribution in [-0.2, 0) is 20.8 Å². The molecule has 3 rings (SSSR count). The minimum absolute atomic E-state index is 0.0414. The molecule has 1 aromatic carbocycles. The van der Waals surface area contributed by atoms with Crippen LogP contribution in [-0.4, -0.2) is 71.6 Å². The molecule has 3 atom stereocenters. The van der Waals surface area contributed by atoms with Crippen molar-refractivity contribution in [3.63, 3.8) is 0 Å². The summed E-state index contributed by atoms with van der Waals surface area (Å²) in [5, 5.41) is 24.5. The van der Waals surface area contributed by atoms with Crippen LogP contribution in [0, 0.1) is 0 Å². The fourth-order valence-electron chi connectivity index (χ4n) is 5.18. The summed E-state index contributed by atoms with van der Waals surface area (Å²) in [4.78, 5) is 47.5. The van der Waals surface area contributed by atoms with Gasteiger partial charge in [-0.15, -0.1) is 0 Å². The SMILES string of the molecule is O=C(CCCCCNC(=O)CCCC[C@@H]1SC[C@@H]2NC(=O)N[C@@H]21)NCCCCCC(=O)NCCc1ccc(O)cc1. The number of hydrogen-bond donors (Lipinski definition) is 6. The molecule has 2 fully saturated rings. The molecule has 2 aliphatic rings. The number of thioether (sulfide) groups is 1. The minimum Gasteiger partial charge on any atom is -0.508 e. The van der Waals surface area contributed by atoms with E-state index in [1.807, 2.05) is 23.9 Å². The number of unbranched alkanes of at least 4 members (excludes halogenated alkanes) is 5. The number of hydrogen-bond acceptors (Lipinski definition) is 6. The number of phenols is 1. The van der Waals surface area contributed by atoms with Crippen molar-refractivity contribution < 1.29 is 24.3 Å². The predicted octanol–water partition coefficient (Wildman–Crippen LogP) is 3.13. The Labute approximate surface area is 247 Å². The number of rotatable bonds is 20. The molecule has 0 radical (unpaired) electrons. The number of urea groups is 1. The number of nitrogens with one attached hydrogen (secondary N) is 5. The van der Waals surface area contributed by atoms with E-state index >= 15 is 0 Å². The van der Waals surface area contributed by atoms with Gasteiger partial charge in [-0.25, -0.2) is 4.79 Å². The number of carbonyl (C=O) groups is 4. The smallest absolute Gasteiger partial charge is 0.315 e. The highest BCUT2D eigenvalue weighted by Gasteiger charge is 2.42. The second-order valence-electron chi connectivity index (χ2n) is 11.0. The fraction of sp³-hybridized carbons (Fsp3) is 0.667. The molecule has 228 valence electrons. The molecule has 0 aromatic heterocycles. The van der Waals surface area contributed by atoms with Crippen molar-refractivity contribution in [2.75, 3.05) is 25.4 Å². The zero-order chi connectivity index (χ0) is 29.3. The Balaban J connectivity index is 1.05. The van der Waals surface area contributed by atoms with E-state index in [4.69, 9.17) is 0 Å². The molecule has 0 spiro atoms. The van der Waals surface area contributed by atoms with Gasteiger partial charge in [0.2, 0.25) is 17.7 Å². The molecule has 11 heteroatoms. The van der Waals surface area contributed by atoms with Crippen LogP contribution in [0.1, 0.15) is 82.6 Å². The minimum atomic E-state index is -0.0595. The molecule has 6 N–H and O–H groups in total. The third-order valence-electron chi connectivity index (χ3n) is 7.56. The Bertz CT molecular complexity index is 977. The molecule has 10 nitrogen and oxygen atoms in total. The van der Waals surface area contributed by atoms with Gasteiger partial charge in [-0.3, -0.25) is 14.4 Å². The molecule has 0 bridgehead atoms. The summed E-state index contributed by atoms with van der Waals surface area (Å²) >= 11 is 1.90. The Morgan fingerprint density at radius 1 is 0.756 bits per heavy atom. The maximum atomic E-state index is 12.1. The van der Waals surface area contributed by atoms with Crippen LogP contribution in [0.2, 0.25) is 0 Å². The Morgan fingerprint density at radius 2 is 1.32 bits per heavy atom. The summed E-state index contributed by atoms with van der Waals surface area (Å²) in [6.45, 7) is 1.85. The lowest BCUT2D eigenvalue weighted by Crippen LogP contribution is -2.36. The third kappa shape index (κ3) is 13.1. The molecule has 2 saturated heterocycles. The van der Waals surface area contributed by atoms with Crippen molar-refractivity contribution in [3.8, 4) is 5.75 Å². The van der Waals surface area contributed by atoms with Crippen LogP contribution < -0.4 is 26.6 Å². The normalized spacial score (nSPS) is 19.2. The van der Waals surface area contributed by atoms with E-state index in [2.05, 4.69) is 26.6 Å². The maximum Gasteiger partial charge on any atom is 0.315 e. The van der Waals surface area contributed by atoms with E-state index in [9.17, 15) is 24.3 Å². The first-order valence-corrected chi connectivity index (χ1v) is 16.2. The first-order valence-electron chi connectivity index (χ1n) is 15.2. The van der Waals surface area contributed by atoms with Crippen molar-refractivity contribution in [2.24, 2.45) is 0 Å². The number of carbonyl (C=O) groups excluding carboxylic acids is 4. The second-order valence-corrected chi connectivity index (χ2v) is 12.2. The number of amides is 5. The van der Waals surface area contributed by atoms with Gasteiger partial charge in [-0.2, -0.15) is 11.8 Å². The van der Waals surface area contributed by atoms with Crippen LogP contribution in [0.15, 0.2) is 24.3 Å². The average Bonchev–Trinajstić information content (AvgIpc) is 3.50. The molecule has 2 heterocycles. The molecule has 1 aromatic rings. The predicted molar refractivity (Wildman–Crippen MR) is 162 cm³/mol. The standard InChI is InChI=1S/C30H47N5O5S/c36-23-15-13-22(14-16-23)17-20-33-28(39)11-4-2-8-18-31-26(37)10-3-1-7-19-32-27(38)12-6-5-9-25-29-24(21-41-25)34-30(40)35-29/h13-16,24-25,29,36H,1-12,17-21H2,(H,31,37)(H,32,38)(H,33,39)(H2,34,35,40)/t24-,25-,29-/m0/s1. The number of benzene rings is 1. The van der Waals surface area contributed by atoms with Gasteiger partial charge in [0.25, 0.3) is 0 Å². The summed E-state index contributed by atoms with van der Waals surface area (Å²) in [7, 11) is 0. The Kier molecular flexibility index (Phi) is 14.7. The fourth-order valence-corrected chi connectivity index (χ4v) is 6.72. The Morgan fingerprint density at radius 3 is 1.93 bits per heavy atom. The summed E-state index contributed by atoms with van der Waals surface area (Å²) < 4.78 is 0. The van der Waals surface area contributed by atoms with Gasteiger partial charge in [0, 0.05) is 49.9 Å². The van der Waals surface area contributed by atoms with Gasteiger partial charge >= 0.3 is 6.03 Å². The average molecular weight is 590 g/mol. The lowest BCUT2D eigenvalue weighted by Gasteiger charge is -2.16. The molecule has 2 aliphatic heterocycles. The molecule has 0 aliphatic carbocycles. The number of fused-ring (bicyclic) bond motifs is 1. The molecular formula is C30H47N5O5S. The monoisotopic (exact) mass is 589 g/mol. The van der Waals surface area contributed by atoms with E-state index in [-0.39, 0.29) is 41.6 Å². The van der Waals surface area contributed by atoms with E-state index in [1.54, 1.807) is 12.1 Å². The van der Waals surface area contributed by atoms with Crippen LogP contribution in [0.3, 0.4) is 0 Å².